The van der Waals surface area contributed by atoms with Crippen LogP contribution in [0.25, 0.3) is 0 Å². The maximum atomic E-state index is 12.4. The molecule has 0 saturated heterocycles. The minimum atomic E-state index is -0.392. The molecule has 4 aliphatic carbocycles. The summed E-state index contributed by atoms with van der Waals surface area (Å²) in [5, 5.41) is 9.28. The van der Waals surface area contributed by atoms with Crippen molar-refractivity contribution < 1.29 is 14.7 Å². The highest BCUT2D eigenvalue weighted by Crippen LogP contribution is 2.67. The Bertz CT molecular complexity index is 641. The summed E-state index contributed by atoms with van der Waals surface area (Å²) >= 11 is 6.65. The number of hydrogen-bond donors (Lipinski definition) is 1. The molecule has 0 spiro atoms. The van der Waals surface area contributed by atoms with Gasteiger partial charge in [0, 0.05) is 17.7 Å². The van der Waals surface area contributed by atoms with Crippen LogP contribution in [0.2, 0.25) is 0 Å². The first kappa shape index (κ1) is 17.7. The van der Waals surface area contributed by atoms with Crippen molar-refractivity contribution in [3.63, 3.8) is 0 Å². The largest absolute Gasteiger partial charge is 0.389 e. The number of allylic oxidation sites excluding steroid dienone is 1. The number of fused-ring (bicyclic) bond motifs is 5. The van der Waals surface area contributed by atoms with Gasteiger partial charge in [0.1, 0.15) is 6.61 Å². The zero-order valence-corrected chi connectivity index (χ0v) is 16.0. The molecule has 1 unspecified atom stereocenters. The molecule has 4 rings (SSSR count). The third-order valence-corrected chi connectivity index (χ3v) is 8.88. The summed E-state index contributed by atoms with van der Waals surface area (Å²) in [5.74, 6) is 1.67. The number of aliphatic hydroxyl groups is 1. The van der Waals surface area contributed by atoms with Crippen LogP contribution in [0.5, 0.6) is 0 Å². The topological polar surface area (TPSA) is 54.4 Å². The van der Waals surface area contributed by atoms with E-state index < -0.39 is 6.61 Å². The van der Waals surface area contributed by atoms with Crippen LogP contribution in [0, 0.1) is 34.5 Å². The van der Waals surface area contributed by atoms with Gasteiger partial charge in [-0.2, -0.15) is 0 Å². The van der Waals surface area contributed by atoms with E-state index in [9.17, 15) is 14.7 Å². The lowest BCUT2D eigenvalue weighted by atomic mass is 9.46. The molecule has 4 heteroatoms. The molecule has 7 atom stereocenters. The van der Waals surface area contributed by atoms with E-state index in [1.54, 1.807) is 0 Å². The van der Waals surface area contributed by atoms with Crippen molar-refractivity contribution in [1.82, 2.24) is 0 Å². The Morgan fingerprint density at radius 3 is 2.72 bits per heavy atom. The molecular weight excluding hydrogens is 336 g/mol. The van der Waals surface area contributed by atoms with Crippen LogP contribution in [0.3, 0.4) is 0 Å². The maximum Gasteiger partial charge on any atom is 0.163 e. The molecule has 3 saturated carbocycles. The maximum absolute atomic E-state index is 12.4. The van der Waals surface area contributed by atoms with Crippen molar-refractivity contribution >= 4 is 23.2 Å². The Labute approximate surface area is 155 Å². The fourth-order valence-corrected chi connectivity index (χ4v) is 7.82. The normalized spacial score (nSPS) is 49.0. The van der Waals surface area contributed by atoms with Gasteiger partial charge in [-0.15, -0.1) is 11.6 Å². The second-order valence-electron chi connectivity index (χ2n) is 9.37. The number of aliphatic hydroxyl groups excluding tert-OH is 1. The lowest BCUT2D eigenvalue weighted by molar-refractivity contribution is -0.133. The highest BCUT2D eigenvalue weighted by molar-refractivity contribution is 6.22. The van der Waals surface area contributed by atoms with Gasteiger partial charge in [-0.05, 0) is 73.2 Å². The fourth-order valence-electron chi connectivity index (χ4n) is 7.20. The van der Waals surface area contributed by atoms with Crippen LogP contribution in [0.4, 0.5) is 0 Å². The number of Topliss-reactive ketones (excluding diaryl/α,β-unsaturated/α-hetero) is 1. The molecule has 25 heavy (non-hydrogen) atoms. The Balaban J connectivity index is 1.67. The molecule has 0 amide bonds. The molecule has 0 aromatic rings. The molecular formula is C21H29ClO3. The van der Waals surface area contributed by atoms with E-state index in [1.807, 2.05) is 6.08 Å². The lowest BCUT2D eigenvalue weighted by Gasteiger charge is -2.58. The van der Waals surface area contributed by atoms with Crippen molar-refractivity contribution in [3.05, 3.63) is 11.6 Å². The second-order valence-corrected chi connectivity index (χ2v) is 9.93. The highest BCUT2D eigenvalue weighted by Gasteiger charge is 2.62. The average molecular weight is 365 g/mol. The summed E-state index contributed by atoms with van der Waals surface area (Å²) in [5.41, 5.74) is 1.45. The molecule has 0 bridgehead atoms. The first-order valence-electron chi connectivity index (χ1n) is 9.83. The van der Waals surface area contributed by atoms with Gasteiger partial charge < -0.3 is 5.11 Å². The summed E-state index contributed by atoms with van der Waals surface area (Å²) in [6, 6.07) is 0. The molecule has 138 valence electrons. The lowest BCUT2D eigenvalue weighted by Crippen LogP contribution is -2.51. The van der Waals surface area contributed by atoms with Gasteiger partial charge in [0.25, 0.3) is 0 Å². The van der Waals surface area contributed by atoms with Crippen LogP contribution in [-0.2, 0) is 9.59 Å². The van der Waals surface area contributed by atoms with Crippen molar-refractivity contribution in [2.45, 2.75) is 64.2 Å². The van der Waals surface area contributed by atoms with Crippen molar-refractivity contribution in [2.24, 2.45) is 34.5 Å². The minimum Gasteiger partial charge on any atom is -0.389 e. The molecule has 1 N–H and O–H groups in total. The predicted molar refractivity (Wildman–Crippen MR) is 97.3 cm³/mol. The van der Waals surface area contributed by atoms with Crippen LogP contribution < -0.4 is 0 Å². The van der Waals surface area contributed by atoms with Crippen LogP contribution in [0.15, 0.2) is 11.6 Å². The van der Waals surface area contributed by atoms with Gasteiger partial charge in [0.2, 0.25) is 0 Å². The summed E-state index contributed by atoms with van der Waals surface area (Å²) in [4.78, 5) is 24.3. The van der Waals surface area contributed by atoms with Gasteiger partial charge in [-0.3, -0.25) is 9.59 Å². The van der Waals surface area contributed by atoms with Gasteiger partial charge in [-0.25, -0.2) is 0 Å². The minimum absolute atomic E-state index is 0.0739. The van der Waals surface area contributed by atoms with E-state index in [4.69, 9.17) is 11.6 Å². The number of hydrogen-bond acceptors (Lipinski definition) is 3. The zero-order valence-electron chi connectivity index (χ0n) is 15.3. The van der Waals surface area contributed by atoms with Crippen molar-refractivity contribution in [2.75, 3.05) is 6.61 Å². The van der Waals surface area contributed by atoms with Crippen molar-refractivity contribution in [3.8, 4) is 0 Å². The highest BCUT2D eigenvalue weighted by atomic mass is 35.5. The summed E-state index contributed by atoms with van der Waals surface area (Å²) in [7, 11) is 0. The molecule has 3 nitrogen and oxygen atoms in total. The second kappa shape index (κ2) is 5.92. The van der Waals surface area contributed by atoms with Crippen LogP contribution in [-0.4, -0.2) is 28.7 Å². The van der Waals surface area contributed by atoms with Crippen molar-refractivity contribution in [1.29, 1.82) is 0 Å². The number of rotatable bonds is 2. The Kier molecular flexibility index (Phi) is 4.20. The molecule has 0 radical (unpaired) electrons. The number of ketones is 2. The smallest absolute Gasteiger partial charge is 0.163 e. The van der Waals surface area contributed by atoms with Crippen LogP contribution in [0.1, 0.15) is 58.8 Å². The van der Waals surface area contributed by atoms with E-state index in [2.05, 4.69) is 13.8 Å². The SMILES string of the molecule is C[C@]12CC[C@H]3[C@@H](CCC4=CC(=O)CC[C@@]43C)[C@@H]1CC(Cl)[C@@H]2C(=O)CO. The molecule has 3 fully saturated rings. The summed E-state index contributed by atoms with van der Waals surface area (Å²) in [6.45, 7) is 4.22. The van der Waals surface area contributed by atoms with Gasteiger partial charge in [-0.1, -0.05) is 19.4 Å². The monoisotopic (exact) mass is 364 g/mol. The van der Waals surface area contributed by atoms with E-state index >= 15 is 0 Å². The number of alkyl halides is 1. The number of carbonyl (C=O) groups is 2. The molecule has 0 aromatic carbocycles. The predicted octanol–water partition coefficient (Wildman–Crippen LogP) is 3.91. The quantitative estimate of drug-likeness (QED) is 0.756. The molecule has 0 aromatic heterocycles. The zero-order chi connectivity index (χ0) is 18.0. The number of carbonyl (C=O) groups excluding carboxylic acids is 2. The summed E-state index contributed by atoms with van der Waals surface area (Å²) < 4.78 is 0. The van der Waals surface area contributed by atoms with Gasteiger partial charge >= 0.3 is 0 Å². The third kappa shape index (κ3) is 2.41. The average Bonchev–Trinajstić information content (AvgIpc) is 2.85. The first-order chi connectivity index (χ1) is 11.8. The van der Waals surface area contributed by atoms with Gasteiger partial charge in [0.15, 0.2) is 11.6 Å². The van der Waals surface area contributed by atoms with E-state index in [-0.39, 0.29) is 27.9 Å². The standard InChI is InChI=1S/C21H29ClO3/c1-20-7-5-13(24)9-12(20)3-4-14-15(20)6-8-21(2)16(14)10-17(22)19(21)18(25)11-23/h9,14-17,19,23H,3-8,10-11H2,1-2H3/t14-,15+,16+,17?,19-,20+,21+/m1/s1. The first-order valence-corrected chi connectivity index (χ1v) is 10.3. The van der Waals surface area contributed by atoms with E-state index in [1.165, 1.54) is 5.57 Å². The Morgan fingerprint density at radius 2 is 2.00 bits per heavy atom. The van der Waals surface area contributed by atoms with Crippen LogP contribution >= 0.6 is 11.6 Å². The molecule has 0 aliphatic heterocycles. The molecule has 4 aliphatic rings. The Morgan fingerprint density at radius 1 is 1.24 bits per heavy atom. The summed E-state index contributed by atoms with van der Waals surface area (Å²) in [6.07, 6.45) is 8.73. The van der Waals surface area contributed by atoms with Gasteiger partial charge in [0.05, 0.1) is 0 Å². The number of halogens is 1. The fraction of sp³-hybridized carbons (Fsp3) is 0.810. The third-order valence-electron chi connectivity index (χ3n) is 8.45. The van der Waals surface area contributed by atoms with E-state index in [0.717, 1.165) is 38.5 Å². The molecule has 0 heterocycles. The Hall–Kier alpha value is -0.670. The van der Waals surface area contributed by atoms with E-state index in [0.29, 0.717) is 30.0 Å².